The number of aromatic nitrogens is 1. The van der Waals surface area contributed by atoms with Gasteiger partial charge < -0.3 is 4.90 Å². The zero-order valence-electron chi connectivity index (χ0n) is 15.6. The number of benzene rings is 2. The van der Waals surface area contributed by atoms with E-state index >= 15 is 0 Å². The van der Waals surface area contributed by atoms with Gasteiger partial charge in [-0.2, -0.15) is 4.31 Å². The first-order chi connectivity index (χ1) is 13.4. The summed E-state index contributed by atoms with van der Waals surface area (Å²) >= 11 is 0. The van der Waals surface area contributed by atoms with Crippen LogP contribution in [-0.4, -0.2) is 54.7 Å². The Kier molecular flexibility index (Phi) is 4.87. The van der Waals surface area contributed by atoms with E-state index in [0.717, 1.165) is 16.5 Å². The average Bonchev–Trinajstić information content (AvgIpc) is 2.73. The SMILES string of the molecule is Cc1ccc(C(=O)N2CCN(S(=O)(=O)c3ccc4ccccc4c3)CC2)cn1. The molecule has 1 aliphatic rings. The van der Waals surface area contributed by atoms with Crippen molar-refractivity contribution in [3.8, 4) is 0 Å². The maximum Gasteiger partial charge on any atom is 0.255 e. The van der Waals surface area contributed by atoms with Crippen LogP contribution in [0.5, 0.6) is 0 Å². The predicted molar refractivity (Wildman–Crippen MR) is 108 cm³/mol. The molecule has 0 radical (unpaired) electrons. The maximum atomic E-state index is 13.0. The lowest BCUT2D eigenvalue weighted by Crippen LogP contribution is -2.50. The molecule has 1 aliphatic heterocycles. The van der Waals surface area contributed by atoms with Crippen LogP contribution in [0.2, 0.25) is 0 Å². The zero-order chi connectivity index (χ0) is 19.7. The van der Waals surface area contributed by atoms with Crippen LogP contribution in [0.3, 0.4) is 0 Å². The van der Waals surface area contributed by atoms with Crippen molar-refractivity contribution in [2.45, 2.75) is 11.8 Å². The van der Waals surface area contributed by atoms with E-state index in [-0.39, 0.29) is 23.9 Å². The molecule has 1 fully saturated rings. The van der Waals surface area contributed by atoms with Crippen molar-refractivity contribution >= 4 is 26.7 Å². The average molecular weight is 395 g/mol. The molecule has 3 aromatic rings. The molecule has 6 nitrogen and oxygen atoms in total. The van der Waals surface area contributed by atoms with Crippen LogP contribution in [0.1, 0.15) is 16.1 Å². The quantitative estimate of drug-likeness (QED) is 0.684. The second-order valence-corrected chi connectivity index (χ2v) is 8.83. The summed E-state index contributed by atoms with van der Waals surface area (Å²) in [5, 5.41) is 1.90. The number of fused-ring (bicyclic) bond motifs is 1. The maximum absolute atomic E-state index is 13.0. The first kappa shape index (κ1) is 18.6. The van der Waals surface area contributed by atoms with E-state index in [9.17, 15) is 13.2 Å². The van der Waals surface area contributed by atoms with E-state index < -0.39 is 10.0 Å². The molecule has 4 rings (SSSR count). The Morgan fingerprint density at radius 3 is 2.32 bits per heavy atom. The summed E-state index contributed by atoms with van der Waals surface area (Å²) in [5.74, 6) is -0.116. The van der Waals surface area contributed by atoms with Crippen molar-refractivity contribution in [2.24, 2.45) is 0 Å². The normalized spacial score (nSPS) is 15.7. The van der Waals surface area contributed by atoms with Crippen LogP contribution in [0.15, 0.2) is 65.7 Å². The number of sulfonamides is 1. The number of hydrogen-bond acceptors (Lipinski definition) is 4. The molecule has 1 amide bonds. The Balaban J connectivity index is 1.49. The van der Waals surface area contributed by atoms with Crippen molar-refractivity contribution in [3.05, 3.63) is 72.1 Å². The number of carbonyl (C=O) groups is 1. The topological polar surface area (TPSA) is 70.6 Å². The highest BCUT2D eigenvalue weighted by molar-refractivity contribution is 7.89. The fraction of sp³-hybridized carbons (Fsp3) is 0.238. The largest absolute Gasteiger partial charge is 0.336 e. The molecule has 1 saturated heterocycles. The van der Waals surface area contributed by atoms with Crippen molar-refractivity contribution in [1.29, 1.82) is 0 Å². The molecular weight excluding hydrogens is 374 g/mol. The molecule has 0 N–H and O–H groups in total. The number of pyridine rings is 1. The fourth-order valence-corrected chi connectivity index (χ4v) is 4.84. The highest BCUT2D eigenvalue weighted by Gasteiger charge is 2.30. The second-order valence-electron chi connectivity index (χ2n) is 6.89. The van der Waals surface area contributed by atoms with E-state index in [1.165, 1.54) is 4.31 Å². The number of hydrogen-bond donors (Lipinski definition) is 0. The molecule has 7 heteroatoms. The van der Waals surface area contributed by atoms with E-state index in [2.05, 4.69) is 4.98 Å². The van der Waals surface area contributed by atoms with Gasteiger partial charge in [0.05, 0.1) is 10.5 Å². The molecular formula is C21H21N3O3S. The number of aryl methyl sites for hydroxylation is 1. The van der Waals surface area contributed by atoms with Gasteiger partial charge in [-0.05, 0) is 42.0 Å². The Morgan fingerprint density at radius 1 is 0.929 bits per heavy atom. The number of nitrogens with zero attached hydrogens (tertiary/aromatic N) is 3. The molecule has 0 atom stereocenters. The molecule has 0 aliphatic carbocycles. The standard InChI is InChI=1S/C21H21N3O3S/c1-16-6-7-19(15-22-16)21(25)23-10-12-24(13-11-23)28(26,27)20-9-8-17-4-2-3-5-18(17)14-20/h2-9,14-15H,10-13H2,1H3. The third kappa shape index (κ3) is 3.50. The molecule has 0 saturated carbocycles. The van der Waals surface area contributed by atoms with Crippen LogP contribution in [0, 0.1) is 6.92 Å². The van der Waals surface area contributed by atoms with E-state index in [4.69, 9.17) is 0 Å². The number of amides is 1. The van der Waals surface area contributed by atoms with Gasteiger partial charge in [-0.25, -0.2) is 8.42 Å². The molecule has 0 spiro atoms. The summed E-state index contributed by atoms with van der Waals surface area (Å²) in [6.45, 7) is 3.14. The lowest BCUT2D eigenvalue weighted by atomic mass is 10.1. The number of rotatable bonds is 3. The van der Waals surface area contributed by atoms with Crippen molar-refractivity contribution in [2.75, 3.05) is 26.2 Å². The Bertz CT molecular complexity index is 1120. The summed E-state index contributed by atoms with van der Waals surface area (Å²) in [6, 6.07) is 16.4. The minimum Gasteiger partial charge on any atom is -0.336 e. The first-order valence-corrected chi connectivity index (χ1v) is 10.6. The van der Waals surface area contributed by atoms with Crippen molar-refractivity contribution in [3.63, 3.8) is 0 Å². The lowest BCUT2D eigenvalue weighted by Gasteiger charge is -2.34. The van der Waals surface area contributed by atoms with Gasteiger partial charge in [0.25, 0.3) is 5.91 Å². The minimum atomic E-state index is -3.59. The van der Waals surface area contributed by atoms with Gasteiger partial charge in [0.2, 0.25) is 10.0 Å². The Hall–Kier alpha value is -2.77. The van der Waals surface area contributed by atoms with Crippen LogP contribution in [0.25, 0.3) is 10.8 Å². The van der Waals surface area contributed by atoms with Crippen molar-refractivity contribution in [1.82, 2.24) is 14.2 Å². The molecule has 144 valence electrons. The second kappa shape index (κ2) is 7.33. The van der Waals surface area contributed by atoms with Gasteiger partial charge in [-0.15, -0.1) is 0 Å². The number of piperazine rings is 1. The molecule has 0 unspecified atom stereocenters. The van der Waals surface area contributed by atoms with E-state index in [1.54, 1.807) is 35.4 Å². The summed E-state index contributed by atoms with van der Waals surface area (Å²) in [7, 11) is -3.59. The first-order valence-electron chi connectivity index (χ1n) is 9.16. The third-order valence-corrected chi connectivity index (χ3v) is 6.94. The van der Waals surface area contributed by atoms with Gasteiger partial charge >= 0.3 is 0 Å². The minimum absolute atomic E-state index is 0.116. The van der Waals surface area contributed by atoms with Crippen LogP contribution in [0.4, 0.5) is 0 Å². The van der Waals surface area contributed by atoms with Crippen LogP contribution < -0.4 is 0 Å². The van der Waals surface area contributed by atoms with Gasteiger partial charge in [0, 0.05) is 38.1 Å². The Morgan fingerprint density at radius 2 is 1.64 bits per heavy atom. The lowest BCUT2D eigenvalue weighted by molar-refractivity contribution is 0.0697. The van der Waals surface area contributed by atoms with E-state index in [1.807, 2.05) is 37.3 Å². The molecule has 2 aromatic carbocycles. The monoisotopic (exact) mass is 395 g/mol. The van der Waals surface area contributed by atoms with Crippen molar-refractivity contribution < 1.29 is 13.2 Å². The number of carbonyl (C=O) groups excluding carboxylic acids is 1. The molecule has 1 aromatic heterocycles. The Labute approximate surface area is 164 Å². The molecule has 0 bridgehead atoms. The zero-order valence-corrected chi connectivity index (χ0v) is 16.4. The fourth-order valence-electron chi connectivity index (χ4n) is 3.39. The predicted octanol–water partition coefficient (Wildman–Crippen LogP) is 2.69. The van der Waals surface area contributed by atoms with Gasteiger partial charge in [0.1, 0.15) is 0 Å². The van der Waals surface area contributed by atoms with E-state index in [0.29, 0.717) is 18.7 Å². The summed E-state index contributed by atoms with van der Waals surface area (Å²) in [5.41, 5.74) is 1.37. The highest BCUT2D eigenvalue weighted by atomic mass is 32.2. The van der Waals surface area contributed by atoms with Crippen LogP contribution >= 0.6 is 0 Å². The third-order valence-electron chi connectivity index (χ3n) is 5.04. The summed E-state index contributed by atoms with van der Waals surface area (Å²) in [4.78, 5) is 18.7. The summed E-state index contributed by atoms with van der Waals surface area (Å²) in [6.07, 6.45) is 1.57. The smallest absolute Gasteiger partial charge is 0.255 e. The van der Waals surface area contributed by atoms with Crippen LogP contribution in [-0.2, 0) is 10.0 Å². The highest BCUT2D eigenvalue weighted by Crippen LogP contribution is 2.23. The van der Waals surface area contributed by atoms with Gasteiger partial charge in [0.15, 0.2) is 0 Å². The molecule has 28 heavy (non-hydrogen) atoms. The molecule has 2 heterocycles. The van der Waals surface area contributed by atoms with Gasteiger partial charge in [-0.1, -0.05) is 30.3 Å². The summed E-state index contributed by atoms with van der Waals surface area (Å²) < 4.78 is 27.5. The van der Waals surface area contributed by atoms with Gasteiger partial charge in [-0.3, -0.25) is 9.78 Å².